The van der Waals surface area contributed by atoms with Crippen molar-refractivity contribution < 1.29 is 19.2 Å². The number of halogens is 2. The number of benzene rings is 1. The highest BCUT2D eigenvalue weighted by Crippen LogP contribution is 2.36. The number of amides is 2. The van der Waals surface area contributed by atoms with E-state index >= 15 is 0 Å². The van der Waals surface area contributed by atoms with Crippen LogP contribution >= 0.6 is 23.2 Å². The molecule has 0 aromatic heterocycles. The molecule has 2 amide bonds. The Morgan fingerprint density at radius 1 is 1.43 bits per heavy atom. The van der Waals surface area contributed by atoms with E-state index in [0.717, 1.165) is 5.06 Å². The molecular formula is C13H14Cl2N2O4. The van der Waals surface area contributed by atoms with Gasteiger partial charge in [-0.2, -0.15) is 5.06 Å². The third-order valence-electron chi connectivity index (χ3n) is 2.99. The lowest BCUT2D eigenvalue weighted by Gasteiger charge is -2.28. The third kappa shape index (κ3) is 3.07. The standard InChI is InChI=1S/C13H14Cl2N2O4/c1-3-21-17-11(18)7-16(13(19)20-2)12(17)9-5-4-8(14)6-10(9)15/h4-6,12H,3,7H2,1-2H3/t12-/m0/s1. The molecular weight excluding hydrogens is 319 g/mol. The van der Waals surface area contributed by atoms with Crippen LogP contribution in [-0.4, -0.2) is 42.2 Å². The van der Waals surface area contributed by atoms with E-state index in [9.17, 15) is 9.59 Å². The van der Waals surface area contributed by atoms with Gasteiger partial charge in [0.25, 0.3) is 5.91 Å². The summed E-state index contributed by atoms with van der Waals surface area (Å²) < 4.78 is 4.71. The van der Waals surface area contributed by atoms with Crippen molar-refractivity contribution in [3.05, 3.63) is 33.8 Å². The van der Waals surface area contributed by atoms with Gasteiger partial charge >= 0.3 is 6.09 Å². The van der Waals surface area contributed by atoms with E-state index in [1.165, 1.54) is 12.0 Å². The number of methoxy groups -OCH3 is 1. The Hall–Kier alpha value is -1.50. The van der Waals surface area contributed by atoms with Gasteiger partial charge in [0, 0.05) is 15.6 Å². The molecule has 6 nitrogen and oxygen atoms in total. The highest BCUT2D eigenvalue weighted by Gasteiger charge is 2.44. The molecule has 0 aliphatic carbocycles. The fourth-order valence-electron chi connectivity index (χ4n) is 2.13. The Morgan fingerprint density at radius 3 is 2.71 bits per heavy atom. The maximum absolute atomic E-state index is 12.0. The van der Waals surface area contributed by atoms with Crippen LogP contribution in [0.4, 0.5) is 4.79 Å². The normalized spacial score (nSPS) is 18.3. The van der Waals surface area contributed by atoms with Gasteiger partial charge in [0.2, 0.25) is 0 Å². The molecule has 1 heterocycles. The van der Waals surface area contributed by atoms with Gasteiger partial charge in [-0.3, -0.25) is 14.5 Å². The summed E-state index contributed by atoms with van der Waals surface area (Å²) in [5.74, 6) is -0.349. The Kier molecular flexibility index (Phi) is 4.92. The number of rotatable bonds is 3. The van der Waals surface area contributed by atoms with Crippen LogP contribution in [0.5, 0.6) is 0 Å². The highest BCUT2D eigenvalue weighted by molar-refractivity contribution is 6.35. The van der Waals surface area contributed by atoms with E-state index in [0.29, 0.717) is 15.6 Å². The minimum atomic E-state index is -0.783. The summed E-state index contributed by atoms with van der Waals surface area (Å²) in [5.41, 5.74) is 0.533. The van der Waals surface area contributed by atoms with Gasteiger partial charge in [0.1, 0.15) is 6.54 Å². The van der Waals surface area contributed by atoms with Gasteiger partial charge in [0.15, 0.2) is 6.17 Å². The van der Waals surface area contributed by atoms with Crippen LogP contribution < -0.4 is 0 Å². The molecule has 1 aliphatic rings. The van der Waals surface area contributed by atoms with Crippen LogP contribution in [0.2, 0.25) is 10.0 Å². The first kappa shape index (κ1) is 15.9. The molecule has 0 bridgehead atoms. The summed E-state index contributed by atoms with van der Waals surface area (Å²) in [6.07, 6.45) is -1.42. The van der Waals surface area contributed by atoms with E-state index in [1.54, 1.807) is 25.1 Å². The number of hydrogen-bond acceptors (Lipinski definition) is 4. The molecule has 0 radical (unpaired) electrons. The van der Waals surface area contributed by atoms with Gasteiger partial charge < -0.3 is 4.74 Å². The molecule has 21 heavy (non-hydrogen) atoms. The molecule has 8 heteroatoms. The van der Waals surface area contributed by atoms with E-state index in [1.807, 2.05) is 0 Å². The predicted molar refractivity (Wildman–Crippen MR) is 76.8 cm³/mol. The molecule has 2 rings (SSSR count). The number of nitrogens with zero attached hydrogens (tertiary/aromatic N) is 2. The average Bonchev–Trinajstić information content (AvgIpc) is 2.76. The van der Waals surface area contributed by atoms with Crippen molar-refractivity contribution in [2.75, 3.05) is 20.3 Å². The molecule has 1 aromatic carbocycles. The first-order valence-electron chi connectivity index (χ1n) is 6.24. The lowest BCUT2D eigenvalue weighted by atomic mass is 10.1. The first-order chi connectivity index (χ1) is 9.99. The molecule has 0 N–H and O–H groups in total. The maximum Gasteiger partial charge on any atom is 0.411 e. The molecule has 0 unspecified atom stereocenters. The smallest absolute Gasteiger partial charge is 0.411 e. The van der Waals surface area contributed by atoms with Crippen LogP contribution in [0, 0.1) is 0 Å². The first-order valence-corrected chi connectivity index (χ1v) is 6.99. The summed E-state index contributed by atoms with van der Waals surface area (Å²) in [5, 5.41) is 1.92. The lowest BCUT2D eigenvalue weighted by Crippen LogP contribution is -2.35. The topological polar surface area (TPSA) is 59.1 Å². The molecule has 0 spiro atoms. The number of hydroxylamine groups is 2. The number of ether oxygens (including phenoxy) is 1. The Morgan fingerprint density at radius 2 is 2.14 bits per heavy atom. The quantitative estimate of drug-likeness (QED) is 0.853. The van der Waals surface area contributed by atoms with Gasteiger partial charge in [-0.1, -0.05) is 29.3 Å². The second-order valence-corrected chi connectivity index (χ2v) is 5.12. The zero-order valence-corrected chi connectivity index (χ0v) is 13.0. The van der Waals surface area contributed by atoms with Crippen LogP contribution in [-0.2, 0) is 14.4 Å². The SMILES string of the molecule is CCON1C(=O)CN(C(=O)OC)[C@@H]1c1ccc(Cl)cc1Cl. The third-order valence-corrected chi connectivity index (χ3v) is 3.55. The molecule has 114 valence electrons. The minimum Gasteiger partial charge on any atom is -0.453 e. The van der Waals surface area contributed by atoms with Gasteiger partial charge in [-0.05, 0) is 19.1 Å². The van der Waals surface area contributed by atoms with Crippen molar-refractivity contribution >= 4 is 35.2 Å². The number of carbonyl (C=O) groups is 2. The van der Waals surface area contributed by atoms with Crippen LogP contribution in [0.25, 0.3) is 0 Å². The van der Waals surface area contributed by atoms with Crippen molar-refractivity contribution in [3.63, 3.8) is 0 Å². The molecule has 1 atom stereocenters. The van der Waals surface area contributed by atoms with Crippen molar-refractivity contribution in [3.8, 4) is 0 Å². The van der Waals surface area contributed by atoms with E-state index in [-0.39, 0.29) is 19.1 Å². The summed E-state index contributed by atoms with van der Waals surface area (Å²) in [6.45, 7) is 1.88. The fourth-order valence-corrected chi connectivity index (χ4v) is 2.64. The van der Waals surface area contributed by atoms with Crippen molar-refractivity contribution in [1.29, 1.82) is 0 Å². The van der Waals surface area contributed by atoms with Crippen molar-refractivity contribution in [2.24, 2.45) is 0 Å². The van der Waals surface area contributed by atoms with E-state index < -0.39 is 12.3 Å². The van der Waals surface area contributed by atoms with Crippen molar-refractivity contribution in [2.45, 2.75) is 13.1 Å². The molecule has 0 saturated carbocycles. The van der Waals surface area contributed by atoms with E-state index in [2.05, 4.69) is 0 Å². The zero-order valence-electron chi connectivity index (χ0n) is 11.5. The molecule has 1 saturated heterocycles. The Labute approximate surface area is 132 Å². The van der Waals surface area contributed by atoms with Crippen LogP contribution in [0.3, 0.4) is 0 Å². The van der Waals surface area contributed by atoms with Gasteiger partial charge in [0.05, 0.1) is 13.7 Å². The number of hydrogen-bond donors (Lipinski definition) is 0. The summed E-state index contributed by atoms with van der Waals surface area (Å²) in [6, 6.07) is 4.82. The second-order valence-electron chi connectivity index (χ2n) is 4.27. The molecule has 1 fully saturated rings. The largest absolute Gasteiger partial charge is 0.453 e. The summed E-state index contributed by atoms with van der Waals surface area (Å²) in [7, 11) is 1.25. The Balaban J connectivity index is 2.45. The highest BCUT2D eigenvalue weighted by atomic mass is 35.5. The minimum absolute atomic E-state index is 0.143. The predicted octanol–water partition coefficient (Wildman–Crippen LogP) is 2.85. The second kappa shape index (κ2) is 6.51. The van der Waals surface area contributed by atoms with E-state index in [4.69, 9.17) is 32.8 Å². The van der Waals surface area contributed by atoms with Crippen LogP contribution in [0.1, 0.15) is 18.7 Å². The lowest BCUT2D eigenvalue weighted by molar-refractivity contribution is -0.194. The number of carbonyl (C=O) groups excluding carboxylic acids is 2. The maximum atomic E-state index is 12.0. The van der Waals surface area contributed by atoms with Crippen LogP contribution in [0.15, 0.2) is 18.2 Å². The molecule has 1 aromatic rings. The summed E-state index contributed by atoms with van der Waals surface area (Å²) in [4.78, 5) is 30.5. The average molecular weight is 333 g/mol. The Bertz CT molecular complexity index is 567. The van der Waals surface area contributed by atoms with Gasteiger partial charge in [-0.15, -0.1) is 0 Å². The zero-order chi connectivity index (χ0) is 15.6. The summed E-state index contributed by atoms with van der Waals surface area (Å²) >= 11 is 12.1. The van der Waals surface area contributed by atoms with Crippen molar-refractivity contribution in [1.82, 2.24) is 9.96 Å². The van der Waals surface area contributed by atoms with Gasteiger partial charge in [-0.25, -0.2) is 4.79 Å². The monoisotopic (exact) mass is 332 g/mol. The fraction of sp³-hybridized carbons (Fsp3) is 0.385. The molecule has 1 aliphatic heterocycles.